The standard InChI is InChI=1S/C12H16N4O/c1-9-4-2-5-10-13-11(15-16(9)10)14-12(8-17)6-3-7-12/h2,4-5,17H,3,6-8H2,1H3,(H,14,15). The van der Waals surface area contributed by atoms with Crippen molar-refractivity contribution in [1.82, 2.24) is 14.6 Å². The first-order valence-electron chi connectivity index (χ1n) is 5.94. The number of hydrogen-bond donors (Lipinski definition) is 2. The maximum absolute atomic E-state index is 9.40. The molecule has 2 aromatic rings. The van der Waals surface area contributed by atoms with Gasteiger partial charge in [0.1, 0.15) is 0 Å². The highest BCUT2D eigenvalue weighted by Gasteiger charge is 2.37. The van der Waals surface area contributed by atoms with E-state index in [-0.39, 0.29) is 12.1 Å². The van der Waals surface area contributed by atoms with Crippen LogP contribution in [0.3, 0.4) is 0 Å². The van der Waals surface area contributed by atoms with Crippen LogP contribution < -0.4 is 5.32 Å². The summed E-state index contributed by atoms with van der Waals surface area (Å²) in [6.07, 6.45) is 3.12. The predicted molar refractivity (Wildman–Crippen MR) is 65.0 cm³/mol. The summed E-state index contributed by atoms with van der Waals surface area (Å²) in [5, 5.41) is 17.1. The van der Waals surface area contributed by atoms with E-state index in [1.54, 1.807) is 0 Å². The van der Waals surface area contributed by atoms with Crippen molar-refractivity contribution in [3.05, 3.63) is 23.9 Å². The molecule has 5 heteroatoms. The first-order valence-corrected chi connectivity index (χ1v) is 5.94. The van der Waals surface area contributed by atoms with Crippen molar-refractivity contribution in [2.24, 2.45) is 0 Å². The molecule has 1 fully saturated rings. The number of fused-ring (bicyclic) bond motifs is 1. The maximum Gasteiger partial charge on any atom is 0.243 e. The molecule has 17 heavy (non-hydrogen) atoms. The van der Waals surface area contributed by atoms with E-state index < -0.39 is 0 Å². The Bertz CT molecular complexity index is 539. The van der Waals surface area contributed by atoms with Crippen molar-refractivity contribution in [1.29, 1.82) is 0 Å². The van der Waals surface area contributed by atoms with Gasteiger partial charge in [-0.1, -0.05) is 6.07 Å². The van der Waals surface area contributed by atoms with Gasteiger partial charge in [0.15, 0.2) is 5.65 Å². The Morgan fingerprint density at radius 3 is 2.88 bits per heavy atom. The third kappa shape index (κ3) is 1.67. The second kappa shape index (κ2) is 3.70. The highest BCUT2D eigenvalue weighted by molar-refractivity contribution is 5.45. The van der Waals surface area contributed by atoms with E-state index in [0.717, 1.165) is 30.6 Å². The van der Waals surface area contributed by atoms with Gasteiger partial charge in [-0.15, -0.1) is 5.10 Å². The number of hydrogen-bond acceptors (Lipinski definition) is 4. The predicted octanol–water partition coefficient (Wildman–Crippen LogP) is 1.36. The number of aromatic nitrogens is 3. The van der Waals surface area contributed by atoms with Gasteiger partial charge in [-0.2, -0.15) is 4.98 Å². The van der Waals surface area contributed by atoms with Crippen molar-refractivity contribution in [2.75, 3.05) is 11.9 Å². The van der Waals surface area contributed by atoms with Crippen LogP contribution >= 0.6 is 0 Å². The molecule has 90 valence electrons. The van der Waals surface area contributed by atoms with Crippen molar-refractivity contribution in [3.63, 3.8) is 0 Å². The molecule has 0 saturated heterocycles. The number of aliphatic hydroxyl groups is 1. The summed E-state index contributed by atoms with van der Waals surface area (Å²) in [6.45, 7) is 2.14. The van der Waals surface area contributed by atoms with E-state index in [4.69, 9.17) is 0 Å². The Labute approximate surface area is 99.5 Å². The molecule has 0 bridgehead atoms. The van der Waals surface area contributed by atoms with Crippen molar-refractivity contribution in [3.8, 4) is 0 Å². The minimum absolute atomic E-state index is 0.140. The molecule has 2 aromatic heterocycles. The SMILES string of the molecule is Cc1cccc2nc(NC3(CO)CCC3)nn12. The van der Waals surface area contributed by atoms with Crippen molar-refractivity contribution < 1.29 is 5.11 Å². The lowest BCUT2D eigenvalue weighted by Crippen LogP contribution is -2.48. The zero-order valence-electron chi connectivity index (χ0n) is 9.85. The zero-order chi connectivity index (χ0) is 11.9. The van der Waals surface area contributed by atoms with E-state index in [0.29, 0.717) is 5.95 Å². The molecule has 2 N–H and O–H groups in total. The largest absolute Gasteiger partial charge is 0.394 e. The van der Waals surface area contributed by atoms with Crippen molar-refractivity contribution >= 4 is 11.6 Å². The van der Waals surface area contributed by atoms with Gasteiger partial charge in [-0.3, -0.25) is 0 Å². The van der Waals surface area contributed by atoms with Gasteiger partial charge >= 0.3 is 0 Å². The Kier molecular flexibility index (Phi) is 2.29. The third-order valence-corrected chi connectivity index (χ3v) is 3.54. The first-order chi connectivity index (χ1) is 8.22. The smallest absolute Gasteiger partial charge is 0.243 e. The first kappa shape index (κ1) is 10.5. The second-order valence-corrected chi connectivity index (χ2v) is 4.79. The number of anilines is 1. The van der Waals surface area contributed by atoms with Crippen LogP contribution in [0.5, 0.6) is 0 Å². The highest BCUT2D eigenvalue weighted by Crippen LogP contribution is 2.34. The lowest BCUT2D eigenvalue weighted by Gasteiger charge is -2.40. The molecule has 1 saturated carbocycles. The fraction of sp³-hybridized carbons (Fsp3) is 0.500. The topological polar surface area (TPSA) is 62.5 Å². The summed E-state index contributed by atoms with van der Waals surface area (Å²) in [5.41, 5.74) is 1.69. The number of pyridine rings is 1. The fourth-order valence-electron chi connectivity index (χ4n) is 2.25. The van der Waals surface area contributed by atoms with Gasteiger partial charge in [-0.25, -0.2) is 4.52 Å². The van der Waals surface area contributed by atoms with Gasteiger partial charge in [0.25, 0.3) is 0 Å². The quantitative estimate of drug-likeness (QED) is 0.839. The Morgan fingerprint density at radius 2 is 2.29 bits per heavy atom. The number of aliphatic hydroxyl groups excluding tert-OH is 1. The Hall–Kier alpha value is -1.62. The van der Waals surface area contributed by atoms with Crippen molar-refractivity contribution in [2.45, 2.75) is 31.7 Å². The molecule has 2 heterocycles. The summed E-state index contributed by atoms with van der Waals surface area (Å²) in [5.74, 6) is 0.605. The molecule has 0 unspecified atom stereocenters. The average Bonchev–Trinajstić information content (AvgIpc) is 2.68. The van der Waals surface area contributed by atoms with Crippen LogP contribution in [0.15, 0.2) is 18.2 Å². The average molecular weight is 232 g/mol. The summed E-state index contributed by atoms with van der Waals surface area (Å²) >= 11 is 0. The number of aryl methyl sites for hydroxylation is 1. The summed E-state index contributed by atoms with van der Waals surface area (Å²) in [4.78, 5) is 4.42. The molecule has 1 aliphatic rings. The van der Waals surface area contributed by atoms with E-state index in [9.17, 15) is 5.11 Å². The Morgan fingerprint density at radius 1 is 1.47 bits per heavy atom. The van der Waals surface area contributed by atoms with Gasteiger partial charge in [-0.05, 0) is 38.3 Å². The molecular weight excluding hydrogens is 216 g/mol. The summed E-state index contributed by atoms with van der Waals surface area (Å²) in [7, 11) is 0. The van der Waals surface area contributed by atoms with Crippen LogP contribution in [0, 0.1) is 6.92 Å². The molecule has 1 aliphatic carbocycles. The molecule has 3 rings (SSSR count). The number of nitrogens with one attached hydrogen (secondary N) is 1. The van der Waals surface area contributed by atoms with Crippen LogP contribution in [0.4, 0.5) is 5.95 Å². The fourth-order valence-corrected chi connectivity index (χ4v) is 2.25. The van der Waals surface area contributed by atoms with E-state index >= 15 is 0 Å². The van der Waals surface area contributed by atoms with Gasteiger partial charge in [0.05, 0.1) is 12.1 Å². The molecule has 0 atom stereocenters. The van der Waals surface area contributed by atoms with Gasteiger partial charge in [0, 0.05) is 5.69 Å². The van der Waals surface area contributed by atoms with E-state index in [1.807, 2.05) is 29.6 Å². The van der Waals surface area contributed by atoms with Crippen LogP contribution in [-0.2, 0) is 0 Å². The summed E-state index contributed by atoms with van der Waals surface area (Å²) < 4.78 is 1.81. The second-order valence-electron chi connectivity index (χ2n) is 4.79. The van der Waals surface area contributed by atoms with Crippen LogP contribution in [0.25, 0.3) is 5.65 Å². The molecule has 0 amide bonds. The molecule has 0 aromatic carbocycles. The van der Waals surface area contributed by atoms with E-state index in [1.165, 1.54) is 0 Å². The molecular formula is C12H16N4O. The lowest BCUT2D eigenvalue weighted by atomic mass is 9.77. The minimum atomic E-state index is -0.196. The molecule has 0 radical (unpaired) electrons. The third-order valence-electron chi connectivity index (χ3n) is 3.54. The van der Waals surface area contributed by atoms with Gasteiger partial charge in [0.2, 0.25) is 5.95 Å². The molecule has 5 nitrogen and oxygen atoms in total. The Balaban J connectivity index is 1.93. The minimum Gasteiger partial charge on any atom is -0.394 e. The van der Waals surface area contributed by atoms with Crippen LogP contribution in [-0.4, -0.2) is 31.9 Å². The molecule has 0 aliphatic heterocycles. The lowest BCUT2D eigenvalue weighted by molar-refractivity contribution is 0.143. The number of rotatable bonds is 3. The monoisotopic (exact) mass is 232 g/mol. The van der Waals surface area contributed by atoms with Crippen LogP contribution in [0.1, 0.15) is 25.0 Å². The normalized spacial score (nSPS) is 18.0. The maximum atomic E-state index is 9.40. The van der Waals surface area contributed by atoms with Gasteiger partial charge < -0.3 is 10.4 Å². The number of nitrogens with zero attached hydrogens (tertiary/aromatic N) is 3. The van der Waals surface area contributed by atoms with Crippen LogP contribution in [0.2, 0.25) is 0 Å². The van der Waals surface area contributed by atoms with E-state index in [2.05, 4.69) is 15.4 Å². The highest BCUT2D eigenvalue weighted by atomic mass is 16.3. The molecule has 0 spiro atoms. The summed E-state index contributed by atoms with van der Waals surface area (Å²) in [6, 6.07) is 5.89. The zero-order valence-corrected chi connectivity index (χ0v) is 9.85.